The smallest absolute Gasteiger partial charge is 0.251 e. The molecule has 2 unspecified atom stereocenters. The van der Waals surface area contributed by atoms with Crippen LogP contribution in [0.5, 0.6) is 0 Å². The SMILES string of the molecule is CSCCC(NC(=O)c1cccc(C)c1)C(=O)NC(C)CC(C)(C)c1ccccc1. The normalized spacial score (nSPS) is 13.4. The Balaban J connectivity index is 2.02. The minimum absolute atomic E-state index is 0.0136. The molecule has 0 saturated carbocycles. The highest BCUT2D eigenvalue weighted by molar-refractivity contribution is 7.98. The molecular formula is C25H34N2O2S. The fourth-order valence-corrected chi connectivity index (χ4v) is 4.17. The third kappa shape index (κ3) is 7.21. The Hall–Kier alpha value is -2.27. The summed E-state index contributed by atoms with van der Waals surface area (Å²) in [5.41, 5.74) is 2.78. The van der Waals surface area contributed by atoms with E-state index in [1.165, 1.54) is 5.56 Å². The largest absolute Gasteiger partial charge is 0.352 e. The van der Waals surface area contributed by atoms with Crippen LogP contribution in [-0.4, -0.2) is 35.9 Å². The maximum Gasteiger partial charge on any atom is 0.251 e. The zero-order valence-corrected chi connectivity index (χ0v) is 19.5. The van der Waals surface area contributed by atoms with Gasteiger partial charge >= 0.3 is 0 Å². The van der Waals surface area contributed by atoms with E-state index in [2.05, 4.69) is 36.6 Å². The minimum Gasteiger partial charge on any atom is -0.352 e. The number of carbonyl (C=O) groups is 2. The summed E-state index contributed by atoms with van der Waals surface area (Å²) in [7, 11) is 0. The number of carbonyl (C=O) groups excluding carboxylic acids is 2. The Morgan fingerprint density at radius 3 is 2.37 bits per heavy atom. The molecule has 2 aromatic carbocycles. The van der Waals surface area contributed by atoms with Gasteiger partial charge in [0.25, 0.3) is 5.91 Å². The first-order valence-corrected chi connectivity index (χ1v) is 11.8. The summed E-state index contributed by atoms with van der Waals surface area (Å²) in [6.07, 6.45) is 3.41. The number of thioether (sulfide) groups is 1. The van der Waals surface area contributed by atoms with Crippen LogP contribution in [0.1, 0.15) is 55.1 Å². The molecule has 0 aliphatic heterocycles. The number of benzene rings is 2. The van der Waals surface area contributed by atoms with Gasteiger partial charge in [0.2, 0.25) is 5.91 Å². The van der Waals surface area contributed by atoms with Gasteiger partial charge in [0.15, 0.2) is 0 Å². The monoisotopic (exact) mass is 426 g/mol. The van der Waals surface area contributed by atoms with E-state index in [0.717, 1.165) is 17.7 Å². The molecule has 5 heteroatoms. The molecule has 0 saturated heterocycles. The van der Waals surface area contributed by atoms with Gasteiger partial charge in [0, 0.05) is 11.6 Å². The van der Waals surface area contributed by atoms with E-state index >= 15 is 0 Å². The summed E-state index contributed by atoms with van der Waals surface area (Å²) in [5.74, 6) is 0.467. The zero-order chi connectivity index (χ0) is 22.1. The van der Waals surface area contributed by atoms with Crippen LogP contribution in [-0.2, 0) is 10.2 Å². The summed E-state index contributed by atoms with van der Waals surface area (Å²) in [6.45, 7) is 8.35. The van der Waals surface area contributed by atoms with Crippen molar-refractivity contribution in [1.82, 2.24) is 10.6 Å². The van der Waals surface area contributed by atoms with Crippen molar-refractivity contribution in [1.29, 1.82) is 0 Å². The molecule has 30 heavy (non-hydrogen) atoms. The highest BCUT2D eigenvalue weighted by atomic mass is 32.2. The molecule has 0 heterocycles. The Morgan fingerprint density at radius 2 is 1.73 bits per heavy atom. The van der Waals surface area contributed by atoms with Gasteiger partial charge in [0.05, 0.1) is 0 Å². The summed E-state index contributed by atoms with van der Waals surface area (Å²) in [4.78, 5) is 25.7. The molecule has 4 nitrogen and oxygen atoms in total. The quantitative estimate of drug-likeness (QED) is 0.578. The number of hydrogen-bond acceptors (Lipinski definition) is 3. The molecule has 0 aromatic heterocycles. The van der Waals surface area contributed by atoms with Crippen molar-refractivity contribution in [3.8, 4) is 0 Å². The highest BCUT2D eigenvalue weighted by Crippen LogP contribution is 2.28. The van der Waals surface area contributed by atoms with E-state index in [0.29, 0.717) is 12.0 Å². The van der Waals surface area contributed by atoms with E-state index in [1.807, 2.05) is 56.5 Å². The summed E-state index contributed by atoms with van der Waals surface area (Å²) < 4.78 is 0. The van der Waals surface area contributed by atoms with Crippen LogP contribution in [0.2, 0.25) is 0 Å². The van der Waals surface area contributed by atoms with E-state index in [-0.39, 0.29) is 23.3 Å². The van der Waals surface area contributed by atoms with Gasteiger partial charge in [-0.05, 0) is 61.8 Å². The summed E-state index contributed by atoms with van der Waals surface area (Å²) >= 11 is 1.67. The van der Waals surface area contributed by atoms with Crippen LogP contribution in [0.15, 0.2) is 54.6 Å². The molecule has 2 aromatic rings. The number of aryl methyl sites for hydroxylation is 1. The Morgan fingerprint density at radius 1 is 1.03 bits per heavy atom. The summed E-state index contributed by atoms with van der Waals surface area (Å²) in [5, 5.41) is 6.05. The number of amides is 2. The van der Waals surface area contributed by atoms with E-state index < -0.39 is 6.04 Å². The van der Waals surface area contributed by atoms with E-state index in [1.54, 1.807) is 17.8 Å². The second kappa shape index (κ2) is 11.2. The Labute approximate surface area is 185 Å². The second-order valence-corrected chi connectivity index (χ2v) is 9.53. The standard InChI is InChI=1S/C25H34N2O2S/c1-18-10-9-11-20(16-18)23(28)27-22(14-15-30-5)24(29)26-19(2)17-25(3,4)21-12-7-6-8-13-21/h6-13,16,19,22H,14-15,17H2,1-5H3,(H,26,29)(H,27,28). The van der Waals surface area contributed by atoms with Crippen molar-refractivity contribution < 1.29 is 9.59 Å². The van der Waals surface area contributed by atoms with Crippen molar-refractivity contribution in [2.45, 2.75) is 58.0 Å². The first-order valence-electron chi connectivity index (χ1n) is 10.5. The van der Waals surface area contributed by atoms with Gasteiger partial charge in [-0.25, -0.2) is 0 Å². The lowest BCUT2D eigenvalue weighted by atomic mass is 9.79. The van der Waals surface area contributed by atoms with Crippen molar-refractivity contribution in [2.24, 2.45) is 0 Å². The first kappa shape index (κ1) is 24.0. The number of rotatable bonds is 10. The van der Waals surface area contributed by atoms with Crippen LogP contribution in [0, 0.1) is 6.92 Å². The fraction of sp³-hybridized carbons (Fsp3) is 0.440. The van der Waals surface area contributed by atoms with Gasteiger partial charge < -0.3 is 10.6 Å². The average molecular weight is 427 g/mol. The fourth-order valence-electron chi connectivity index (χ4n) is 3.70. The average Bonchev–Trinajstić information content (AvgIpc) is 2.71. The van der Waals surface area contributed by atoms with Crippen LogP contribution < -0.4 is 10.6 Å². The molecule has 2 atom stereocenters. The number of nitrogens with one attached hydrogen (secondary N) is 2. The van der Waals surface area contributed by atoms with Gasteiger partial charge in [-0.1, -0.05) is 61.9 Å². The van der Waals surface area contributed by atoms with Gasteiger partial charge in [-0.3, -0.25) is 9.59 Å². The molecule has 2 rings (SSSR count). The number of hydrogen-bond donors (Lipinski definition) is 2. The van der Waals surface area contributed by atoms with E-state index in [9.17, 15) is 9.59 Å². The maximum atomic E-state index is 13.0. The molecule has 2 N–H and O–H groups in total. The van der Waals surface area contributed by atoms with Crippen molar-refractivity contribution in [3.63, 3.8) is 0 Å². The topological polar surface area (TPSA) is 58.2 Å². The van der Waals surface area contributed by atoms with Crippen LogP contribution >= 0.6 is 11.8 Å². The molecule has 0 bridgehead atoms. The molecule has 0 aliphatic rings. The molecule has 0 spiro atoms. The molecule has 0 aliphatic carbocycles. The first-order chi connectivity index (χ1) is 14.2. The lowest BCUT2D eigenvalue weighted by Crippen LogP contribution is -2.50. The van der Waals surface area contributed by atoms with Crippen molar-refractivity contribution >= 4 is 23.6 Å². The van der Waals surface area contributed by atoms with Crippen molar-refractivity contribution in [3.05, 3.63) is 71.3 Å². The highest BCUT2D eigenvalue weighted by Gasteiger charge is 2.27. The predicted octanol–water partition coefficient (Wildman–Crippen LogP) is 4.72. The van der Waals surface area contributed by atoms with Gasteiger partial charge in [-0.2, -0.15) is 11.8 Å². The maximum absolute atomic E-state index is 13.0. The van der Waals surface area contributed by atoms with Crippen molar-refractivity contribution in [2.75, 3.05) is 12.0 Å². The second-order valence-electron chi connectivity index (χ2n) is 8.54. The molecule has 0 fully saturated rings. The third-order valence-corrected chi connectivity index (χ3v) is 5.92. The molecule has 162 valence electrons. The van der Waals surface area contributed by atoms with Crippen LogP contribution in [0.3, 0.4) is 0 Å². The summed E-state index contributed by atoms with van der Waals surface area (Å²) in [6, 6.07) is 17.2. The molecule has 0 radical (unpaired) electrons. The molecular weight excluding hydrogens is 392 g/mol. The third-order valence-electron chi connectivity index (χ3n) is 5.27. The lowest BCUT2D eigenvalue weighted by molar-refractivity contribution is -0.123. The van der Waals surface area contributed by atoms with Crippen LogP contribution in [0.25, 0.3) is 0 Å². The Bertz CT molecular complexity index is 836. The van der Waals surface area contributed by atoms with Gasteiger partial charge in [0.1, 0.15) is 6.04 Å². The van der Waals surface area contributed by atoms with E-state index in [4.69, 9.17) is 0 Å². The van der Waals surface area contributed by atoms with Gasteiger partial charge in [-0.15, -0.1) is 0 Å². The Kier molecular flexibility index (Phi) is 8.97. The van der Waals surface area contributed by atoms with Crippen LogP contribution in [0.4, 0.5) is 0 Å². The zero-order valence-electron chi connectivity index (χ0n) is 18.7. The lowest BCUT2D eigenvalue weighted by Gasteiger charge is -2.30. The minimum atomic E-state index is -0.548. The predicted molar refractivity (Wildman–Crippen MR) is 127 cm³/mol. The molecule has 2 amide bonds.